The van der Waals surface area contributed by atoms with Crippen molar-refractivity contribution in [1.29, 1.82) is 0 Å². The van der Waals surface area contributed by atoms with Crippen molar-refractivity contribution in [3.63, 3.8) is 0 Å². The SMILES string of the molecule is FC(F)Oc1cc(-c2ccc(I)cc2)ccc1I. The molecular weight excluding hydrogens is 464 g/mol. The Hall–Kier alpha value is -0.440. The van der Waals surface area contributed by atoms with E-state index in [4.69, 9.17) is 0 Å². The second kappa shape index (κ2) is 6.14. The second-order valence-corrected chi connectivity index (χ2v) is 5.94. The van der Waals surface area contributed by atoms with Crippen LogP contribution in [-0.4, -0.2) is 6.61 Å². The lowest BCUT2D eigenvalue weighted by Gasteiger charge is -2.09. The van der Waals surface area contributed by atoms with Crippen LogP contribution in [0.25, 0.3) is 11.1 Å². The molecule has 0 radical (unpaired) electrons. The number of benzene rings is 2. The molecule has 0 heterocycles. The van der Waals surface area contributed by atoms with E-state index in [1.54, 1.807) is 12.1 Å². The van der Waals surface area contributed by atoms with Gasteiger partial charge in [-0.3, -0.25) is 0 Å². The van der Waals surface area contributed by atoms with Crippen LogP contribution in [0.15, 0.2) is 42.5 Å². The molecule has 0 unspecified atom stereocenters. The van der Waals surface area contributed by atoms with Gasteiger partial charge in [0.1, 0.15) is 5.75 Å². The highest BCUT2D eigenvalue weighted by atomic mass is 127. The third-order valence-electron chi connectivity index (χ3n) is 2.32. The lowest BCUT2D eigenvalue weighted by Crippen LogP contribution is -2.03. The lowest BCUT2D eigenvalue weighted by atomic mass is 10.1. The minimum Gasteiger partial charge on any atom is -0.434 e. The Labute approximate surface area is 131 Å². The fourth-order valence-electron chi connectivity index (χ4n) is 1.51. The van der Waals surface area contributed by atoms with E-state index >= 15 is 0 Å². The number of rotatable bonds is 3. The Morgan fingerprint density at radius 2 is 1.50 bits per heavy atom. The quantitative estimate of drug-likeness (QED) is 0.561. The topological polar surface area (TPSA) is 9.23 Å². The van der Waals surface area contributed by atoms with Crippen LogP contribution in [0.1, 0.15) is 0 Å². The molecule has 0 N–H and O–H groups in total. The molecule has 2 aromatic rings. The predicted octanol–water partition coefficient (Wildman–Crippen LogP) is 5.16. The molecule has 0 aliphatic heterocycles. The van der Waals surface area contributed by atoms with Gasteiger partial charge in [0.15, 0.2) is 0 Å². The van der Waals surface area contributed by atoms with Gasteiger partial charge in [-0.05, 0) is 80.6 Å². The smallest absolute Gasteiger partial charge is 0.387 e. The normalized spacial score (nSPS) is 10.7. The van der Waals surface area contributed by atoms with Gasteiger partial charge in [0.05, 0.1) is 3.57 Å². The summed E-state index contributed by atoms with van der Waals surface area (Å²) in [5.41, 5.74) is 1.84. The van der Waals surface area contributed by atoms with Gasteiger partial charge in [0, 0.05) is 3.57 Å². The summed E-state index contributed by atoms with van der Waals surface area (Å²) in [6.07, 6.45) is 0. The molecule has 0 bridgehead atoms. The maximum atomic E-state index is 12.3. The van der Waals surface area contributed by atoms with E-state index in [1.165, 1.54) is 0 Å². The molecule has 0 saturated carbocycles. The molecule has 0 aliphatic rings. The van der Waals surface area contributed by atoms with Gasteiger partial charge >= 0.3 is 6.61 Å². The van der Waals surface area contributed by atoms with Crippen LogP contribution < -0.4 is 4.74 Å². The second-order valence-electron chi connectivity index (χ2n) is 3.53. The summed E-state index contributed by atoms with van der Waals surface area (Å²) in [4.78, 5) is 0. The highest BCUT2D eigenvalue weighted by Gasteiger charge is 2.09. The zero-order chi connectivity index (χ0) is 13.1. The van der Waals surface area contributed by atoms with Crippen LogP contribution in [0.2, 0.25) is 0 Å². The Kier molecular flexibility index (Phi) is 4.77. The molecule has 0 saturated heterocycles. The average Bonchev–Trinajstić information content (AvgIpc) is 2.32. The molecule has 1 nitrogen and oxygen atoms in total. The summed E-state index contributed by atoms with van der Waals surface area (Å²) in [6.45, 7) is -2.80. The van der Waals surface area contributed by atoms with E-state index in [0.717, 1.165) is 14.7 Å². The molecule has 94 valence electrons. The summed E-state index contributed by atoms with van der Waals surface area (Å²) in [5.74, 6) is 0.210. The Bertz CT molecular complexity index is 541. The standard InChI is InChI=1S/C13H8F2I2O/c14-13(15)18-12-7-9(3-6-11(12)17)8-1-4-10(16)5-2-8/h1-7,13H. The largest absolute Gasteiger partial charge is 0.434 e. The van der Waals surface area contributed by atoms with Gasteiger partial charge in [-0.25, -0.2) is 0 Å². The van der Waals surface area contributed by atoms with Crippen molar-refractivity contribution in [2.75, 3.05) is 0 Å². The molecular formula is C13H8F2I2O. The average molecular weight is 472 g/mol. The fraction of sp³-hybridized carbons (Fsp3) is 0.0769. The van der Waals surface area contributed by atoms with Crippen molar-refractivity contribution < 1.29 is 13.5 Å². The van der Waals surface area contributed by atoms with E-state index in [9.17, 15) is 8.78 Å². The van der Waals surface area contributed by atoms with Crippen molar-refractivity contribution in [3.05, 3.63) is 49.6 Å². The molecule has 5 heteroatoms. The van der Waals surface area contributed by atoms with Crippen molar-refractivity contribution in [2.45, 2.75) is 6.61 Å². The van der Waals surface area contributed by atoms with Crippen LogP contribution in [0.4, 0.5) is 8.78 Å². The van der Waals surface area contributed by atoms with E-state index in [-0.39, 0.29) is 5.75 Å². The first-order valence-electron chi connectivity index (χ1n) is 5.06. The summed E-state index contributed by atoms with van der Waals surface area (Å²) in [6, 6.07) is 13.2. The number of hydrogen-bond donors (Lipinski definition) is 0. The van der Waals surface area contributed by atoms with Crippen LogP contribution in [0, 0.1) is 7.14 Å². The fourth-order valence-corrected chi connectivity index (χ4v) is 2.33. The first-order valence-corrected chi connectivity index (χ1v) is 7.22. The first kappa shape index (κ1) is 14.0. The van der Waals surface area contributed by atoms with Crippen molar-refractivity contribution in [1.82, 2.24) is 0 Å². The minimum atomic E-state index is -2.80. The van der Waals surface area contributed by atoms with Crippen molar-refractivity contribution in [3.8, 4) is 16.9 Å². The number of halogens is 4. The monoisotopic (exact) mass is 472 g/mol. The van der Waals surface area contributed by atoms with Crippen LogP contribution in [0.3, 0.4) is 0 Å². The lowest BCUT2D eigenvalue weighted by molar-refractivity contribution is -0.0503. The van der Waals surface area contributed by atoms with E-state index in [0.29, 0.717) is 3.57 Å². The van der Waals surface area contributed by atoms with E-state index in [1.807, 2.05) is 52.9 Å². The van der Waals surface area contributed by atoms with Gasteiger partial charge < -0.3 is 4.74 Å². The molecule has 0 aromatic heterocycles. The molecule has 0 atom stereocenters. The summed E-state index contributed by atoms with van der Waals surface area (Å²) in [7, 11) is 0. The Balaban J connectivity index is 2.37. The van der Waals surface area contributed by atoms with Gasteiger partial charge in [-0.1, -0.05) is 18.2 Å². The first-order chi connectivity index (χ1) is 8.56. The molecule has 2 aromatic carbocycles. The van der Waals surface area contributed by atoms with Crippen LogP contribution in [0.5, 0.6) is 5.75 Å². The van der Waals surface area contributed by atoms with Crippen LogP contribution in [-0.2, 0) is 0 Å². The molecule has 18 heavy (non-hydrogen) atoms. The zero-order valence-corrected chi connectivity index (χ0v) is 13.4. The summed E-state index contributed by atoms with van der Waals surface area (Å²) >= 11 is 4.19. The van der Waals surface area contributed by atoms with E-state index in [2.05, 4.69) is 27.3 Å². The number of alkyl halides is 2. The molecule has 0 fully saturated rings. The Morgan fingerprint density at radius 1 is 0.889 bits per heavy atom. The maximum Gasteiger partial charge on any atom is 0.387 e. The predicted molar refractivity (Wildman–Crippen MR) is 83.9 cm³/mol. The Morgan fingerprint density at radius 3 is 2.11 bits per heavy atom. The zero-order valence-electron chi connectivity index (χ0n) is 9.04. The van der Waals surface area contributed by atoms with Crippen molar-refractivity contribution >= 4 is 45.2 Å². The van der Waals surface area contributed by atoms with Gasteiger partial charge in [0.2, 0.25) is 0 Å². The molecule has 0 aliphatic carbocycles. The third-order valence-corrected chi connectivity index (χ3v) is 3.94. The van der Waals surface area contributed by atoms with Gasteiger partial charge in [-0.15, -0.1) is 0 Å². The van der Waals surface area contributed by atoms with Gasteiger partial charge in [0.25, 0.3) is 0 Å². The molecule has 0 amide bonds. The number of ether oxygens (including phenoxy) is 1. The molecule has 0 spiro atoms. The highest BCUT2D eigenvalue weighted by Crippen LogP contribution is 2.29. The summed E-state index contributed by atoms with van der Waals surface area (Å²) < 4.78 is 30.8. The maximum absolute atomic E-state index is 12.3. The number of hydrogen-bond acceptors (Lipinski definition) is 1. The summed E-state index contributed by atoms with van der Waals surface area (Å²) in [5, 5.41) is 0. The van der Waals surface area contributed by atoms with Crippen molar-refractivity contribution in [2.24, 2.45) is 0 Å². The van der Waals surface area contributed by atoms with Crippen LogP contribution >= 0.6 is 45.2 Å². The molecule has 2 rings (SSSR count). The van der Waals surface area contributed by atoms with Gasteiger partial charge in [-0.2, -0.15) is 8.78 Å². The highest BCUT2D eigenvalue weighted by molar-refractivity contribution is 14.1. The van der Waals surface area contributed by atoms with E-state index < -0.39 is 6.61 Å². The third kappa shape index (κ3) is 3.53. The minimum absolute atomic E-state index is 0.210.